The summed E-state index contributed by atoms with van der Waals surface area (Å²) in [6, 6.07) is 12.1. The van der Waals surface area contributed by atoms with E-state index in [0.717, 1.165) is 5.56 Å². The molecule has 19 nitrogen and oxygen atoms in total. The first-order valence-electron chi connectivity index (χ1n) is 24.5. The Balaban J connectivity index is 1.31. The van der Waals surface area contributed by atoms with E-state index in [1.54, 1.807) is 68.4 Å². The molecule has 0 aromatic heterocycles. The Kier molecular flexibility index (Phi) is 19.9. The van der Waals surface area contributed by atoms with Crippen LogP contribution in [-0.4, -0.2) is 134 Å². The normalized spacial score (nSPS) is 18.9. The van der Waals surface area contributed by atoms with Crippen molar-refractivity contribution in [1.29, 1.82) is 0 Å². The second-order valence-electron chi connectivity index (χ2n) is 18.9. The lowest BCUT2D eigenvalue weighted by Crippen LogP contribution is -2.61. The summed E-state index contributed by atoms with van der Waals surface area (Å²) >= 11 is 0. The van der Waals surface area contributed by atoms with Gasteiger partial charge in [0.15, 0.2) is 0 Å². The van der Waals surface area contributed by atoms with Crippen LogP contribution in [0.25, 0.3) is 0 Å². The second-order valence-corrected chi connectivity index (χ2v) is 18.9. The summed E-state index contributed by atoms with van der Waals surface area (Å²) < 4.78 is 0. The molecule has 0 saturated carbocycles. The molecule has 0 bridgehead atoms. The maximum atomic E-state index is 14.5. The number of likely N-dealkylation sites (tertiary alicyclic amines) is 2. The molecule has 7 amide bonds. The van der Waals surface area contributed by atoms with Gasteiger partial charge in [-0.05, 0) is 91.8 Å². The number of phenols is 2. The molecule has 10 N–H and O–H groups in total. The van der Waals surface area contributed by atoms with Gasteiger partial charge in [0, 0.05) is 25.9 Å². The summed E-state index contributed by atoms with van der Waals surface area (Å²) in [5.74, 6) is -6.36. The number of nitrogens with one attached hydrogen (secondary N) is 5. The summed E-state index contributed by atoms with van der Waals surface area (Å²) in [5.41, 5.74) is 8.24. The highest BCUT2D eigenvalue weighted by atomic mass is 16.4. The van der Waals surface area contributed by atoms with Crippen molar-refractivity contribution in [3.63, 3.8) is 0 Å². The number of nitrogens with two attached hydrogens (primary N) is 1. The number of carbonyl (C=O) groups excluding carboxylic acids is 7. The molecule has 5 rings (SSSR count). The van der Waals surface area contributed by atoms with Crippen molar-refractivity contribution >= 4 is 47.3 Å². The molecule has 0 unspecified atom stereocenters. The highest BCUT2D eigenvalue weighted by Gasteiger charge is 2.41. The van der Waals surface area contributed by atoms with Crippen LogP contribution >= 0.6 is 0 Å². The maximum absolute atomic E-state index is 14.5. The van der Waals surface area contributed by atoms with Crippen LogP contribution in [0.3, 0.4) is 0 Å². The number of rotatable bonds is 23. The van der Waals surface area contributed by atoms with Crippen LogP contribution < -0.4 is 32.3 Å². The molecule has 19 heteroatoms. The van der Waals surface area contributed by atoms with Gasteiger partial charge in [-0.3, -0.25) is 33.6 Å². The van der Waals surface area contributed by atoms with Gasteiger partial charge in [-0.25, -0.2) is 4.79 Å². The van der Waals surface area contributed by atoms with E-state index in [1.807, 2.05) is 13.8 Å². The lowest BCUT2D eigenvalue weighted by molar-refractivity contribution is -0.150. The Morgan fingerprint density at radius 2 is 1.03 bits per heavy atom. The number of carboxylic acid groups (broad SMARTS) is 1. The third kappa shape index (κ3) is 15.0. The number of hydrogen-bond acceptors (Lipinski definition) is 11. The lowest BCUT2D eigenvalue weighted by Gasteiger charge is -2.32. The lowest BCUT2D eigenvalue weighted by atomic mass is 9.96. The smallest absolute Gasteiger partial charge is 0.326 e. The van der Waals surface area contributed by atoms with E-state index < -0.39 is 107 Å². The minimum Gasteiger partial charge on any atom is -0.508 e. The first-order valence-corrected chi connectivity index (χ1v) is 24.5. The molecule has 2 aliphatic rings. The minimum atomic E-state index is -1.33. The summed E-state index contributed by atoms with van der Waals surface area (Å²) in [6.07, 6.45) is 2.63. The van der Waals surface area contributed by atoms with E-state index >= 15 is 0 Å². The van der Waals surface area contributed by atoms with Crippen LogP contribution in [0.2, 0.25) is 0 Å². The number of aromatic hydroxyl groups is 2. The Bertz CT molecular complexity index is 2330. The van der Waals surface area contributed by atoms with Gasteiger partial charge in [0.05, 0.1) is 6.04 Å². The van der Waals surface area contributed by atoms with Crippen LogP contribution in [0.1, 0.15) is 89.8 Å². The third-order valence-electron chi connectivity index (χ3n) is 13.6. The predicted octanol–water partition coefficient (Wildman–Crippen LogP) is 2.06. The van der Waals surface area contributed by atoms with Crippen LogP contribution in [0, 0.1) is 11.8 Å². The van der Waals surface area contributed by atoms with E-state index in [1.165, 1.54) is 41.0 Å². The highest BCUT2D eigenvalue weighted by molar-refractivity contribution is 5.98. The summed E-state index contributed by atoms with van der Waals surface area (Å²) in [7, 11) is 0. The predicted molar refractivity (Wildman–Crippen MR) is 263 cm³/mol. The zero-order valence-corrected chi connectivity index (χ0v) is 41.1. The first kappa shape index (κ1) is 54.9. The van der Waals surface area contributed by atoms with Gasteiger partial charge >= 0.3 is 5.97 Å². The molecule has 10 atom stereocenters. The molecule has 0 radical (unpaired) electrons. The number of nitrogens with zero attached hydrogens (tertiary/aromatic N) is 2. The number of carboxylic acids is 1. The molecule has 384 valence electrons. The van der Waals surface area contributed by atoms with E-state index in [4.69, 9.17) is 5.73 Å². The molecule has 2 aliphatic heterocycles. The van der Waals surface area contributed by atoms with Crippen molar-refractivity contribution in [1.82, 2.24) is 36.4 Å². The molecule has 0 spiro atoms. The van der Waals surface area contributed by atoms with Gasteiger partial charge in [0.2, 0.25) is 41.4 Å². The monoisotopic (exact) mass is 983 g/mol. The fraction of sp³-hybridized carbons (Fsp3) is 0.500. The fourth-order valence-corrected chi connectivity index (χ4v) is 8.92. The van der Waals surface area contributed by atoms with E-state index in [0.29, 0.717) is 49.8 Å². The van der Waals surface area contributed by atoms with E-state index in [9.17, 15) is 53.7 Å². The van der Waals surface area contributed by atoms with Crippen molar-refractivity contribution < 1.29 is 53.7 Å². The molecule has 3 aromatic carbocycles. The van der Waals surface area contributed by atoms with Crippen LogP contribution in [0.4, 0.5) is 0 Å². The van der Waals surface area contributed by atoms with Gasteiger partial charge in [-0.2, -0.15) is 0 Å². The van der Waals surface area contributed by atoms with Crippen LogP contribution in [0.15, 0.2) is 78.9 Å². The van der Waals surface area contributed by atoms with Gasteiger partial charge in [-0.15, -0.1) is 0 Å². The molecule has 0 aliphatic carbocycles. The number of phenolic OH excluding ortho intramolecular Hbond substituents is 2. The molecule has 2 heterocycles. The zero-order valence-electron chi connectivity index (χ0n) is 41.1. The Morgan fingerprint density at radius 3 is 1.56 bits per heavy atom. The van der Waals surface area contributed by atoms with Crippen molar-refractivity contribution in [2.75, 3.05) is 13.1 Å². The summed E-state index contributed by atoms with van der Waals surface area (Å²) in [4.78, 5) is 113. The van der Waals surface area contributed by atoms with E-state index in [2.05, 4.69) is 26.6 Å². The van der Waals surface area contributed by atoms with Crippen molar-refractivity contribution in [2.24, 2.45) is 17.6 Å². The fourth-order valence-electron chi connectivity index (χ4n) is 8.92. The van der Waals surface area contributed by atoms with Gasteiger partial charge in [-0.1, -0.05) is 95.1 Å². The van der Waals surface area contributed by atoms with Gasteiger partial charge in [0.1, 0.15) is 53.8 Å². The van der Waals surface area contributed by atoms with Crippen molar-refractivity contribution in [3.8, 4) is 11.5 Å². The number of carbonyl (C=O) groups is 8. The SMILES string of the molecule is CC[C@H](C)[C@H](NC(=O)[C@@H]1CCCN1C(=O)[C@@H](N)Cc1ccc(O)cc1)C(=O)N[C@@H](C)C(=O)N[C@@H](Cc1ccccc1)C(=O)N[C@@H](Cc1ccc(O)cc1)C(=O)N[C@H](C(=O)N1CCC[C@H]1C(=O)O)[C@@H](C)CC. The van der Waals surface area contributed by atoms with Gasteiger partial charge < -0.3 is 57.4 Å². The zero-order chi connectivity index (χ0) is 51.9. The molecule has 71 heavy (non-hydrogen) atoms. The molecular weight excluding hydrogens is 913 g/mol. The topological polar surface area (TPSA) is 290 Å². The summed E-state index contributed by atoms with van der Waals surface area (Å²) in [6.45, 7) is 9.14. The van der Waals surface area contributed by atoms with Gasteiger partial charge in [0.25, 0.3) is 0 Å². The molecule has 2 fully saturated rings. The Morgan fingerprint density at radius 1 is 0.563 bits per heavy atom. The number of benzene rings is 3. The molecule has 3 aromatic rings. The first-order chi connectivity index (χ1) is 33.8. The highest BCUT2D eigenvalue weighted by Crippen LogP contribution is 2.23. The number of aliphatic carboxylic acids is 1. The maximum Gasteiger partial charge on any atom is 0.326 e. The standard InChI is InChI=1S/C52H70N8O11/c1-6-30(3)43(57-48(66)41-15-11-25-59(41)50(68)38(53)27-34-17-21-36(61)22-18-34)49(67)54-32(5)45(63)55-39(28-33-13-9-8-10-14-33)46(64)56-40(29-35-19-23-37(62)24-20-35)47(65)58-44(31(4)7-2)51(69)60-26-12-16-42(60)52(70)71/h8-10,13-14,17-24,30-32,38-44,61-62H,6-7,11-12,15-16,25-29,53H2,1-5H3,(H,54,67)(H,55,63)(H,56,64)(H,57,66)(H,58,65)(H,70,71)/t30-,31-,32-,38-,39-,40-,41-,42-,43-,44-/m0/s1. The number of amides is 7. The quantitative estimate of drug-likeness (QED) is 0.0660. The Hall–Kier alpha value is -7.02. The Labute approximate surface area is 414 Å². The average molecular weight is 983 g/mol. The second kappa shape index (κ2) is 25.7. The third-order valence-corrected chi connectivity index (χ3v) is 13.6. The van der Waals surface area contributed by atoms with Crippen molar-refractivity contribution in [3.05, 3.63) is 95.6 Å². The minimum absolute atomic E-state index is 0.0269. The van der Waals surface area contributed by atoms with Crippen LogP contribution in [-0.2, 0) is 57.6 Å². The average Bonchev–Trinajstić information content (AvgIpc) is 4.07. The molecular formula is C52H70N8O11. The van der Waals surface area contributed by atoms with Crippen molar-refractivity contribution in [2.45, 2.75) is 141 Å². The van der Waals surface area contributed by atoms with Crippen LogP contribution in [0.5, 0.6) is 11.5 Å². The number of hydrogen-bond donors (Lipinski definition) is 9. The summed E-state index contributed by atoms with van der Waals surface area (Å²) in [5, 5.41) is 43.3. The molecule has 2 saturated heterocycles. The largest absolute Gasteiger partial charge is 0.508 e. The van der Waals surface area contributed by atoms with E-state index in [-0.39, 0.29) is 43.7 Å².